The molecule has 1 aromatic heterocycles. The van der Waals surface area contributed by atoms with E-state index in [4.69, 9.17) is 4.74 Å². The maximum Gasteiger partial charge on any atom is 0.252 e. The molecular weight excluding hydrogens is 230 g/mol. The van der Waals surface area contributed by atoms with Gasteiger partial charge in [0.15, 0.2) is 0 Å². The Hall–Kier alpha value is -1.36. The van der Waals surface area contributed by atoms with Gasteiger partial charge in [-0.25, -0.2) is 4.98 Å². The third-order valence-electron chi connectivity index (χ3n) is 3.70. The summed E-state index contributed by atoms with van der Waals surface area (Å²) in [7, 11) is 0. The van der Waals surface area contributed by atoms with Gasteiger partial charge in [-0.1, -0.05) is 6.92 Å². The van der Waals surface area contributed by atoms with E-state index < -0.39 is 0 Å². The van der Waals surface area contributed by atoms with Crippen molar-refractivity contribution >= 4 is 5.82 Å². The van der Waals surface area contributed by atoms with Crippen molar-refractivity contribution in [1.82, 2.24) is 9.97 Å². The first-order valence-electron chi connectivity index (χ1n) is 6.68. The van der Waals surface area contributed by atoms with E-state index in [9.17, 15) is 4.79 Å². The number of ether oxygens (including phenoxy) is 1. The Morgan fingerprint density at radius 3 is 3.00 bits per heavy atom. The first kappa shape index (κ1) is 11.7. The zero-order chi connectivity index (χ0) is 12.5. The molecule has 2 atom stereocenters. The van der Waals surface area contributed by atoms with Gasteiger partial charge in [-0.2, -0.15) is 0 Å². The molecule has 0 radical (unpaired) electrons. The number of anilines is 1. The summed E-state index contributed by atoms with van der Waals surface area (Å²) < 4.78 is 5.42. The van der Waals surface area contributed by atoms with Crippen LogP contribution in [0.3, 0.4) is 0 Å². The lowest BCUT2D eigenvalue weighted by Gasteiger charge is -2.29. The molecule has 2 aliphatic rings. The largest absolute Gasteiger partial charge is 0.381 e. The van der Waals surface area contributed by atoms with Crippen molar-refractivity contribution in [1.29, 1.82) is 0 Å². The number of nitrogens with zero attached hydrogens (tertiary/aromatic N) is 1. The van der Waals surface area contributed by atoms with Crippen LogP contribution in [0.25, 0.3) is 0 Å². The number of aromatic nitrogens is 2. The molecule has 0 amide bonds. The summed E-state index contributed by atoms with van der Waals surface area (Å²) in [5.41, 5.74) is -0.0610. The van der Waals surface area contributed by atoms with Crippen LogP contribution in [0, 0.1) is 5.92 Å². The van der Waals surface area contributed by atoms with Crippen LogP contribution in [0.1, 0.15) is 37.9 Å². The topological polar surface area (TPSA) is 67.0 Å². The zero-order valence-corrected chi connectivity index (χ0v) is 10.6. The molecule has 5 heteroatoms. The Labute approximate surface area is 106 Å². The predicted molar refractivity (Wildman–Crippen MR) is 68.8 cm³/mol. The second kappa shape index (κ2) is 4.72. The normalized spacial score (nSPS) is 28.1. The van der Waals surface area contributed by atoms with Gasteiger partial charge in [0.2, 0.25) is 0 Å². The maximum atomic E-state index is 11.6. The summed E-state index contributed by atoms with van der Waals surface area (Å²) in [5.74, 6) is 2.46. The number of aromatic amines is 1. The highest BCUT2D eigenvalue weighted by atomic mass is 16.5. The third kappa shape index (κ3) is 2.56. The smallest absolute Gasteiger partial charge is 0.252 e. The lowest BCUT2D eigenvalue weighted by Crippen LogP contribution is -2.36. The van der Waals surface area contributed by atoms with Crippen LogP contribution in [0.4, 0.5) is 5.82 Å². The molecule has 2 fully saturated rings. The average Bonchev–Trinajstić information content (AvgIpc) is 3.15. The molecule has 5 nitrogen and oxygen atoms in total. The number of hydrogen-bond donors (Lipinski definition) is 2. The van der Waals surface area contributed by atoms with Gasteiger partial charge in [-0.3, -0.25) is 4.79 Å². The molecule has 2 N–H and O–H groups in total. The van der Waals surface area contributed by atoms with E-state index >= 15 is 0 Å². The van der Waals surface area contributed by atoms with Gasteiger partial charge in [0, 0.05) is 24.6 Å². The second-order valence-corrected chi connectivity index (χ2v) is 5.38. The van der Waals surface area contributed by atoms with Crippen molar-refractivity contribution in [3.05, 3.63) is 22.2 Å². The van der Waals surface area contributed by atoms with Crippen LogP contribution in [0.2, 0.25) is 0 Å². The van der Waals surface area contributed by atoms with E-state index in [1.807, 2.05) is 0 Å². The lowest BCUT2D eigenvalue weighted by molar-refractivity contribution is 0.0537. The summed E-state index contributed by atoms with van der Waals surface area (Å²) in [4.78, 5) is 18.9. The van der Waals surface area contributed by atoms with Gasteiger partial charge in [0.1, 0.15) is 11.6 Å². The van der Waals surface area contributed by atoms with Crippen LogP contribution in [0.5, 0.6) is 0 Å². The van der Waals surface area contributed by atoms with E-state index in [0.29, 0.717) is 23.7 Å². The Bertz CT molecular complexity index is 481. The molecule has 0 bridgehead atoms. The Kier molecular flexibility index (Phi) is 3.07. The Morgan fingerprint density at radius 1 is 1.44 bits per heavy atom. The molecule has 1 saturated carbocycles. The molecule has 2 heterocycles. The van der Waals surface area contributed by atoms with Gasteiger partial charge in [-0.05, 0) is 25.2 Å². The summed E-state index contributed by atoms with van der Waals surface area (Å²) in [6, 6.07) is 1.90. The monoisotopic (exact) mass is 249 g/mol. The fourth-order valence-corrected chi connectivity index (χ4v) is 2.39. The number of nitrogens with one attached hydrogen (secondary N) is 2. The second-order valence-electron chi connectivity index (χ2n) is 5.38. The third-order valence-corrected chi connectivity index (χ3v) is 3.70. The molecule has 98 valence electrons. The number of hydrogen-bond acceptors (Lipinski definition) is 4. The van der Waals surface area contributed by atoms with E-state index in [2.05, 4.69) is 22.2 Å². The summed E-state index contributed by atoms with van der Waals surface area (Å²) in [5, 5.41) is 3.38. The van der Waals surface area contributed by atoms with Crippen LogP contribution >= 0.6 is 0 Å². The van der Waals surface area contributed by atoms with Crippen molar-refractivity contribution in [2.45, 2.75) is 38.1 Å². The molecule has 3 rings (SSSR count). The minimum atomic E-state index is -0.0610. The highest BCUT2D eigenvalue weighted by Crippen LogP contribution is 2.37. The van der Waals surface area contributed by atoms with Crippen LogP contribution in [0.15, 0.2) is 10.9 Å². The molecule has 2 unspecified atom stereocenters. The number of rotatable bonds is 3. The SMILES string of the molecule is CC1COCCC1Nc1cc(=O)[nH]c(C2CC2)n1. The highest BCUT2D eigenvalue weighted by Gasteiger charge is 2.27. The Balaban J connectivity index is 1.76. The van der Waals surface area contributed by atoms with Crippen molar-refractivity contribution in [2.75, 3.05) is 18.5 Å². The maximum absolute atomic E-state index is 11.6. The highest BCUT2D eigenvalue weighted by molar-refractivity contribution is 5.35. The lowest BCUT2D eigenvalue weighted by atomic mass is 9.98. The van der Waals surface area contributed by atoms with Gasteiger partial charge in [0.25, 0.3) is 5.56 Å². The molecule has 1 saturated heterocycles. The first-order valence-corrected chi connectivity index (χ1v) is 6.68. The van der Waals surface area contributed by atoms with Crippen molar-refractivity contribution in [2.24, 2.45) is 5.92 Å². The Morgan fingerprint density at radius 2 is 2.28 bits per heavy atom. The summed E-state index contributed by atoms with van der Waals surface area (Å²) in [6.45, 7) is 3.71. The van der Waals surface area contributed by atoms with Gasteiger partial charge in [-0.15, -0.1) is 0 Å². The van der Waals surface area contributed by atoms with Gasteiger partial charge < -0.3 is 15.0 Å². The average molecular weight is 249 g/mol. The van der Waals surface area contributed by atoms with Crippen LogP contribution in [-0.4, -0.2) is 29.2 Å². The van der Waals surface area contributed by atoms with Crippen molar-refractivity contribution in [3.63, 3.8) is 0 Å². The van der Waals surface area contributed by atoms with Crippen molar-refractivity contribution in [3.8, 4) is 0 Å². The molecule has 0 aromatic carbocycles. The van der Waals surface area contributed by atoms with Crippen molar-refractivity contribution < 1.29 is 4.74 Å². The predicted octanol–water partition coefficient (Wildman–Crippen LogP) is 1.48. The fraction of sp³-hybridized carbons (Fsp3) is 0.692. The molecule has 0 spiro atoms. The van der Waals surface area contributed by atoms with Crippen LogP contribution < -0.4 is 10.9 Å². The number of H-pyrrole nitrogens is 1. The summed E-state index contributed by atoms with van der Waals surface area (Å²) in [6.07, 6.45) is 3.24. The minimum Gasteiger partial charge on any atom is -0.381 e. The molecule has 1 aliphatic carbocycles. The van der Waals surface area contributed by atoms with Crippen LogP contribution in [-0.2, 0) is 4.74 Å². The minimum absolute atomic E-state index is 0.0610. The first-order chi connectivity index (χ1) is 8.72. The van der Waals surface area contributed by atoms with Gasteiger partial charge in [0.05, 0.1) is 6.61 Å². The van der Waals surface area contributed by atoms with Gasteiger partial charge >= 0.3 is 0 Å². The van der Waals surface area contributed by atoms with E-state index in [1.54, 1.807) is 6.07 Å². The molecule has 18 heavy (non-hydrogen) atoms. The molecule has 1 aliphatic heterocycles. The fourth-order valence-electron chi connectivity index (χ4n) is 2.39. The zero-order valence-electron chi connectivity index (χ0n) is 10.6. The van der Waals surface area contributed by atoms with E-state index in [-0.39, 0.29) is 5.56 Å². The van der Waals surface area contributed by atoms with E-state index in [1.165, 1.54) is 0 Å². The molecule has 1 aromatic rings. The standard InChI is InChI=1S/C13H19N3O2/c1-8-7-18-5-4-10(8)14-11-6-12(17)16-13(15-11)9-2-3-9/h6,8-10H,2-5,7H2,1H3,(H2,14,15,16,17). The quantitative estimate of drug-likeness (QED) is 0.851. The molecular formula is C13H19N3O2. The van der Waals surface area contributed by atoms with E-state index in [0.717, 1.165) is 38.3 Å². The summed E-state index contributed by atoms with van der Waals surface area (Å²) >= 11 is 0.